The van der Waals surface area contributed by atoms with Crippen molar-refractivity contribution in [3.8, 4) is 11.5 Å². The van der Waals surface area contributed by atoms with Gasteiger partial charge in [0, 0.05) is 13.2 Å². The first-order valence-corrected chi connectivity index (χ1v) is 3.65. The third-order valence-corrected chi connectivity index (χ3v) is 1.32. The summed E-state index contributed by atoms with van der Waals surface area (Å²) in [5.41, 5.74) is 0. The van der Waals surface area contributed by atoms with Gasteiger partial charge in [0.15, 0.2) is 0 Å². The molecule has 65 valence electrons. The monoisotopic (exact) mass is 167 g/mol. The van der Waals surface area contributed by atoms with E-state index in [-0.39, 0.29) is 5.75 Å². The number of benzene rings is 1. The largest absolute Gasteiger partial charge is 0.507 e. The van der Waals surface area contributed by atoms with E-state index in [4.69, 9.17) is 14.6 Å². The number of methoxy groups -OCH3 is 1. The second-order valence-electron chi connectivity index (χ2n) is 2.25. The van der Waals surface area contributed by atoms with Gasteiger partial charge < -0.3 is 14.6 Å². The van der Waals surface area contributed by atoms with Gasteiger partial charge in [0.05, 0.1) is 6.61 Å². The van der Waals surface area contributed by atoms with Gasteiger partial charge in [0.1, 0.15) is 18.1 Å². The summed E-state index contributed by atoms with van der Waals surface area (Å²) >= 11 is 0. The Morgan fingerprint density at radius 2 is 2.25 bits per heavy atom. The first-order valence-electron chi connectivity index (χ1n) is 3.65. The van der Waals surface area contributed by atoms with E-state index in [1.165, 1.54) is 6.07 Å². The van der Waals surface area contributed by atoms with Crippen molar-refractivity contribution < 1.29 is 14.6 Å². The molecule has 0 atom stereocenters. The second kappa shape index (κ2) is 4.62. The average Bonchev–Trinajstić information content (AvgIpc) is 2.09. The van der Waals surface area contributed by atoms with Crippen LogP contribution >= 0.6 is 0 Å². The molecule has 0 saturated heterocycles. The Balaban J connectivity index is 2.37. The quantitative estimate of drug-likeness (QED) is 0.685. The maximum Gasteiger partial charge on any atom is 0.123 e. The highest BCUT2D eigenvalue weighted by atomic mass is 16.5. The van der Waals surface area contributed by atoms with Crippen LogP contribution in [-0.4, -0.2) is 25.4 Å². The molecule has 12 heavy (non-hydrogen) atoms. The van der Waals surface area contributed by atoms with Crippen molar-refractivity contribution in [1.29, 1.82) is 0 Å². The molecule has 0 aromatic heterocycles. The van der Waals surface area contributed by atoms with E-state index < -0.39 is 0 Å². The predicted molar refractivity (Wildman–Crippen MR) is 44.3 cm³/mol. The van der Waals surface area contributed by atoms with Crippen LogP contribution in [0.5, 0.6) is 11.5 Å². The lowest BCUT2D eigenvalue weighted by atomic mass is 10.3. The molecule has 0 spiro atoms. The highest BCUT2D eigenvalue weighted by Gasteiger charge is 1.92. The summed E-state index contributed by atoms with van der Waals surface area (Å²) in [5, 5.41) is 8.89. The van der Waals surface area contributed by atoms with Crippen LogP contribution in [0.25, 0.3) is 0 Å². The average molecular weight is 167 g/mol. The predicted octanol–water partition coefficient (Wildman–Crippen LogP) is 1.22. The van der Waals surface area contributed by atoms with Crippen LogP contribution in [-0.2, 0) is 4.74 Å². The summed E-state index contributed by atoms with van der Waals surface area (Å²) < 4.78 is 10.0. The van der Waals surface area contributed by atoms with Crippen LogP contribution in [0.1, 0.15) is 0 Å². The molecule has 0 amide bonds. The van der Waals surface area contributed by atoms with Gasteiger partial charge in [-0.25, -0.2) is 0 Å². The summed E-state index contributed by atoms with van der Waals surface area (Å²) in [6.45, 7) is 1.07. The fourth-order valence-electron chi connectivity index (χ4n) is 0.735. The third kappa shape index (κ3) is 2.80. The normalized spacial score (nSPS) is 9.75. The third-order valence-electron chi connectivity index (χ3n) is 1.32. The molecule has 3 nitrogen and oxygen atoms in total. The summed E-state index contributed by atoms with van der Waals surface area (Å²) in [7, 11) is 1.62. The molecule has 0 aliphatic rings. The summed E-state index contributed by atoms with van der Waals surface area (Å²) in [5.74, 6) is 0.805. The van der Waals surface area contributed by atoms with E-state index in [2.05, 4.69) is 6.07 Å². The van der Waals surface area contributed by atoms with Crippen LogP contribution in [0.2, 0.25) is 0 Å². The first kappa shape index (κ1) is 8.87. The number of hydrogen-bond donors (Lipinski definition) is 1. The first-order chi connectivity index (χ1) is 5.83. The van der Waals surface area contributed by atoms with Crippen LogP contribution in [0.4, 0.5) is 0 Å². The standard InChI is InChI=1S/C9H11O3/c1-11-6-7-12-9-4-2-8(10)3-5-9/h2,4-5,10H,6-7H2,1H3. The Labute approximate surface area is 71.5 Å². The number of ether oxygens (including phenoxy) is 2. The highest BCUT2D eigenvalue weighted by molar-refractivity contribution is 5.28. The molecule has 0 aliphatic carbocycles. The summed E-state index contributed by atoms with van der Waals surface area (Å²) in [6.07, 6.45) is 0. The number of aromatic hydroxyl groups is 1. The number of hydrogen-bond acceptors (Lipinski definition) is 3. The second-order valence-corrected chi connectivity index (χ2v) is 2.25. The molecule has 0 saturated carbocycles. The van der Waals surface area contributed by atoms with Crippen molar-refractivity contribution in [3.05, 3.63) is 24.3 Å². The van der Waals surface area contributed by atoms with Crippen molar-refractivity contribution in [2.24, 2.45) is 0 Å². The van der Waals surface area contributed by atoms with Crippen molar-refractivity contribution in [2.75, 3.05) is 20.3 Å². The molecule has 1 rings (SSSR count). The molecule has 0 unspecified atom stereocenters. The van der Waals surface area contributed by atoms with E-state index in [0.29, 0.717) is 19.0 Å². The van der Waals surface area contributed by atoms with Gasteiger partial charge in [-0.2, -0.15) is 0 Å². The highest BCUT2D eigenvalue weighted by Crippen LogP contribution is 2.14. The minimum Gasteiger partial charge on any atom is -0.507 e. The van der Waals surface area contributed by atoms with Gasteiger partial charge in [-0.15, -0.1) is 0 Å². The van der Waals surface area contributed by atoms with E-state index in [1.807, 2.05) is 0 Å². The Kier molecular flexibility index (Phi) is 3.41. The topological polar surface area (TPSA) is 38.7 Å². The lowest BCUT2D eigenvalue weighted by Gasteiger charge is -2.04. The summed E-state index contributed by atoms with van der Waals surface area (Å²) in [6, 6.07) is 7.42. The lowest BCUT2D eigenvalue weighted by Crippen LogP contribution is -2.03. The van der Waals surface area contributed by atoms with Crippen LogP contribution in [0.15, 0.2) is 18.2 Å². The zero-order valence-electron chi connectivity index (χ0n) is 6.91. The van der Waals surface area contributed by atoms with Crippen LogP contribution in [0, 0.1) is 6.07 Å². The smallest absolute Gasteiger partial charge is 0.123 e. The molecule has 0 heterocycles. The molecule has 0 aliphatic heterocycles. The van der Waals surface area contributed by atoms with Crippen molar-refractivity contribution in [1.82, 2.24) is 0 Å². The van der Waals surface area contributed by atoms with Gasteiger partial charge in [-0.3, -0.25) is 0 Å². The van der Waals surface area contributed by atoms with Gasteiger partial charge in [-0.1, -0.05) is 0 Å². The molecule has 0 bridgehead atoms. The zero-order chi connectivity index (χ0) is 8.81. The maximum atomic E-state index is 8.89. The fourth-order valence-corrected chi connectivity index (χ4v) is 0.735. The minimum atomic E-state index is 0.120. The Morgan fingerprint density at radius 1 is 1.42 bits per heavy atom. The molecule has 0 fully saturated rings. The van der Waals surface area contributed by atoms with Crippen molar-refractivity contribution in [2.45, 2.75) is 0 Å². The van der Waals surface area contributed by atoms with E-state index in [9.17, 15) is 0 Å². The Morgan fingerprint density at radius 3 is 2.83 bits per heavy atom. The van der Waals surface area contributed by atoms with E-state index in [0.717, 1.165) is 0 Å². The summed E-state index contributed by atoms with van der Waals surface area (Å²) in [4.78, 5) is 0. The van der Waals surface area contributed by atoms with Crippen LogP contribution < -0.4 is 4.74 Å². The Bertz CT molecular complexity index is 218. The fraction of sp³-hybridized carbons (Fsp3) is 0.333. The van der Waals surface area contributed by atoms with Crippen molar-refractivity contribution in [3.63, 3.8) is 0 Å². The zero-order valence-corrected chi connectivity index (χ0v) is 6.91. The molecule has 1 aromatic carbocycles. The number of phenols is 1. The van der Waals surface area contributed by atoms with Crippen LogP contribution in [0.3, 0.4) is 0 Å². The van der Waals surface area contributed by atoms with Gasteiger partial charge >= 0.3 is 0 Å². The SMILES string of the molecule is COCCOc1c[c]c(O)cc1. The molecule has 1 aromatic rings. The lowest BCUT2D eigenvalue weighted by molar-refractivity contribution is 0.146. The van der Waals surface area contributed by atoms with E-state index >= 15 is 0 Å². The Hall–Kier alpha value is -1.22. The van der Waals surface area contributed by atoms with Gasteiger partial charge in [0.2, 0.25) is 0 Å². The van der Waals surface area contributed by atoms with Gasteiger partial charge in [0.25, 0.3) is 0 Å². The molecule has 1 N–H and O–H groups in total. The minimum absolute atomic E-state index is 0.120. The molecule has 3 heteroatoms. The molecule has 1 radical (unpaired) electrons. The number of rotatable bonds is 4. The van der Waals surface area contributed by atoms with E-state index in [1.54, 1.807) is 19.2 Å². The van der Waals surface area contributed by atoms with Gasteiger partial charge in [-0.05, 0) is 18.2 Å². The number of phenolic OH excluding ortho intramolecular Hbond substituents is 1. The molecular formula is C9H11O3. The molecular weight excluding hydrogens is 156 g/mol. The maximum absolute atomic E-state index is 8.89. The van der Waals surface area contributed by atoms with Crippen molar-refractivity contribution >= 4 is 0 Å².